The fraction of sp³-hybridized carbons (Fsp3) is 0.375. The van der Waals surface area contributed by atoms with Gasteiger partial charge in [-0.1, -0.05) is 42.8 Å². The number of aromatic nitrogens is 2. The summed E-state index contributed by atoms with van der Waals surface area (Å²) in [5, 5.41) is 0. The van der Waals surface area contributed by atoms with E-state index in [2.05, 4.69) is 46.7 Å². The Hall–Kier alpha value is -1.33. The van der Waals surface area contributed by atoms with Crippen molar-refractivity contribution in [2.45, 2.75) is 33.5 Å². The summed E-state index contributed by atoms with van der Waals surface area (Å²) in [6.07, 6.45) is 4.75. The number of hydrogen-bond donors (Lipinski definition) is 0. The van der Waals surface area contributed by atoms with Crippen LogP contribution < -0.4 is 0 Å². The quantitative estimate of drug-likeness (QED) is 0.800. The smallest absolute Gasteiger partial charge is 0.129 e. The van der Waals surface area contributed by atoms with Gasteiger partial charge in [0.15, 0.2) is 0 Å². The molecule has 0 radical (unpaired) electrons. The van der Waals surface area contributed by atoms with E-state index in [-0.39, 0.29) is 23.9 Å². The lowest BCUT2D eigenvalue weighted by Gasteiger charge is -2.30. The third kappa shape index (κ3) is 4.32. The first-order valence-corrected chi connectivity index (χ1v) is 7.47. The van der Waals surface area contributed by atoms with Gasteiger partial charge in [0.2, 0.25) is 0 Å². The molecule has 1 unspecified atom stereocenters. The van der Waals surface area contributed by atoms with Gasteiger partial charge in [0, 0.05) is 28.0 Å². The molecule has 2 rings (SSSR count). The molecule has 0 saturated carbocycles. The lowest BCUT2D eigenvalue weighted by Crippen LogP contribution is -2.22. The lowest BCUT2D eigenvalue weighted by molar-refractivity contribution is -0.0318. The number of halogens is 2. The molecule has 0 spiro atoms. The highest BCUT2D eigenvalue weighted by Gasteiger charge is 2.28. The molecular formula is C16H18BrFN2O. The van der Waals surface area contributed by atoms with Gasteiger partial charge in [0.05, 0.1) is 12.7 Å². The van der Waals surface area contributed by atoms with Crippen molar-refractivity contribution in [3.63, 3.8) is 0 Å². The van der Waals surface area contributed by atoms with Crippen molar-refractivity contribution in [3.8, 4) is 0 Å². The van der Waals surface area contributed by atoms with Crippen LogP contribution in [0.1, 0.15) is 38.0 Å². The van der Waals surface area contributed by atoms with Crippen molar-refractivity contribution < 1.29 is 9.13 Å². The molecule has 0 aliphatic carbocycles. The summed E-state index contributed by atoms with van der Waals surface area (Å²) in [6, 6.07) is 4.97. The van der Waals surface area contributed by atoms with Gasteiger partial charge in [-0.05, 0) is 17.5 Å². The Labute approximate surface area is 132 Å². The molecule has 0 saturated heterocycles. The lowest BCUT2D eigenvalue weighted by atomic mass is 9.85. The molecule has 1 heterocycles. The summed E-state index contributed by atoms with van der Waals surface area (Å²) >= 11 is 3.25. The second kappa shape index (κ2) is 6.62. The predicted molar refractivity (Wildman–Crippen MR) is 83.1 cm³/mol. The molecule has 3 nitrogen and oxygen atoms in total. The highest BCUT2D eigenvalue weighted by molar-refractivity contribution is 9.10. The van der Waals surface area contributed by atoms with E-state index < -0.39 is 0 Å². The van der Waals surface area contributed by atoms with Crippen LogP contribution in [0.4, 0.5) is 4.39 Å². The zero-order chi connectivity index (χ0) is 15.5. The SMILES string of the molecule is CC(C)(C)C(OCc1ccc(Br)cc1F)c1cncnc1. The van der Waals surface area contributed by atoms with Crippen molar-refractivity contribution in [3.05, 3.63) is 58.3 Å². The average Bonchev–Trinajstić information content (AvgIpc) is 2.41. The highest BCUT2D eigenvalue weighted by Crippen LogP contribution is 2.36. The third-order valence-electron chi connectivity index (χ3n) is 3.09. The molecule has 1 aromatic heterocycles. The molecule has 0 bridgehead atoms. The summed E-state index contributed by atoms with van der Waals surface area (Å²) in [5.41, 5.74) is 1.28. The number of hydrogen-bond acceptors (Lipinski definition) is 3. The van der Waals surface area contributed by atoms with E-state index in [4.69, 9.17) is 4.74 Å². The van der Waals surface area contributed by atoms with E-state index in [1.165, 1.54) is 12.4 Å². The Kier molecular flexibility index (Phi) is 5.06. The minimum absolute atomic E-state index is 0.142. The number of rotatable bonds is 4. The Balaban J connectivity index is 2.17. The summed E-state index contributed by atoms with van der Waals surface area (Å²) in [6.45, 7) is 6.42. The van der Waals surface area contributed by atoms with Crippen molar-refractivity contribution in [1.82, 2.24) is 9.97 Å². The Morgan fingerprint density at radius 2 is 1.90 bits per heavy atom. The maximum atomic E-state index is 13.9. The van der Waals surface area contributed by atoms with E-state index in [1.54, 1.807) is 24.5 Å². The van der Waals surface area contributed by atoms with Crippen LogP contribution in [0.2, 0.25) is 0 Å². The van der Waals surface area contributed by atoms with Crippen LogP contribution in [0, 0.1) is 11.2 Å². The first-order chi connectivity index (χ1) is 9.88. The molecule has 0 amide bonds. The zero-order valence-corrected chi connectivity index (χ0v) is 13.9. The van der Waals surface area contributed by atoms with E-state index in [0.717, 1.165) is 5.56 Å². The summed E-state index contributed by atoms with van der Waals surface area (Å²) in [4.78, 5) is 8.06. The van der Waals surface area contributed by atoms with Crippen LogP contribution in [-0.2, 0) is 11.3 Å². The van der Waals surface area contributed by atoms with Crippen molar-refractivity contribution in [2.24, 2.45) is 5.41 Å². The third-order valence-corrected chi connectivity index (χ3v) is 3.58. The molecule has 0 N–H and O–H groups in total. The van der Waals surface area contributed by atoms with Gasteiger partial charge < -0.3 is 4.74 Å². The van der Waals surface area contributed by atoms with Gasteiger partial charge in [0.1, 0.15) is 12.1 Å². The molecule has 2 aromatic rings. The van der Waals surface area contributed by atoms with Gasteiger partial charge in [-0.3, -0.25) is 0 Å². The first kappa shape index (κ1) is 16.0. The Morgan fingerprint density at radius 3 is 2.48 bits per heavy atom. The van der Waals surface area contributed by atoms with E-state index in [0.29, 0.717) is 10.0 Å². The number of benzene rings is 1. The molecule has 1 aromatic carbocycles. The standard InChI is InChI=1S/C16H18BrFN2O/c1-16(2,3)15(12-7-19-10-20-8-12)21-9-11-4-5-13(17)6-14(11)18/h4-8,10,15H,9H2,1-3H3. The van der Waals surface area contributed by atoms with Crippen LogP contribution in [0.15, 0.2) is 41.4 Å². The van der Waals surface area contributed by atoms with Crippen LogP contribution in [0.25, 0.3) is 0 Å². The summed E-state index contributed by atoms with van der Waals surface area (Å²) in [7, 11) is 0. The van der Waals surface area contributed by atoms with Crippen molar-refractivity contribution in [1.29, 1.82) is 0 Å². The van der Waals surface area contributed by atoms with Crippen LogP contribution >= 0.6 is 15.9 Å². The van der Waals surface area contributed by atoms with Gasteiger partial charge >= 0.3 is 0 Å². The fourth-order valence-corrected chi connectivity index (χ4v) is 2.44. The second-order valence-corrected chi connectivity index (χ2v) is 6.88. The summed E-state index contributed by atoms with van der Waals surface area (Å²) < 4.78 is 20.5. The summed E-state index contributed by atoms with van der Waals surface area (Å²) in [5.74, 6) is -0.277. The van der Waals surface area contributed by atoms with E-state index in [9.17, 15) is 4.39 Å². The predicted octanol–water partition coefficient (Wildman–Crippen LogP) is 4.68. The zero-order valence-electron chi connectivity index (χ0n) is 12.3. The van der Waals surface area contributed by atoms with Gasteiger partial charge in [-0.2, -0.15) is 0 Å². The minimum atomic E-state index is -0.277. The number of ether oxygens (including phenoxy) is 1. The monoisotopic (exact) mass is 352 g/mol. The Morgan fingerprint density at radius 1 is 1.24 bits per heavy atom. The molecule has 0 aliphatic heterocycles. The minimum Gasteiger partial charge on any atom is -0.368 e. The molecular weight excluding hydrogens is 335 g/mol. The van der Waals surface area contributed by atoms with Gasteiger partial charge in [0.25, 0.3) is 0 Å². The Bertz CT molecular complexity index is 599. The second-order valence-electron chi connectivity index (χ2n) is 5.96. The molecule has 1 atom stereocenters. The molecule has 112 valence electrons. The van der Waals surface area contributed by atoms with E-state index in [1.807, 2.05) is 0 Å². The molecule has 0 fully saturated rings. The maximum Gasteiger partial charge on any atom is 0.129 e. The average molecular weight is 353 g/mol. The maximum absolute atomic E-state index is 13.9. The number of nitrogens with zero attached hydrogens (tertiary/aromatic N) is 2. The van der Waals surface area contributed by atoms with Crippen LogP contribution in [0.3, 0.4) is 0 Å². The van der Waals surface area contributed by atoms with Crippen LogP contribution in [-0.4, -0.2) is 9.97 Å². The molecule has 21 heavy (non-hydrogen) atoms. The highest BCUT2D eigenvalue weighted by atomic mass is 79.9. The largest absolute Gasteiger partial charge is 0.368 e. The molecule has 0 aliphatic rings. The van der Waals surface area contributed by atoms with Gasteiger partial charge in [-0.25, -0.2) is 14.4 Å². The van der Waals surface area contributed by atoms with E-state index >= 15 is 0 Å². The van der Waals surface area contributed by atoms with Crippen LogP contribution in [0.5, 0.6) is 0 Å². The fourth-order valence-electron chi connectivity index (χ4n) is 2.10. The normalized spacial score (nSPS) is 13.2. The van der Waals surface area contributed by atoms with Gasteiger partial charge in [-0.15, -0.1) is 0 Å². The topological polar surface area (TPSA) is 35.0 Å². The van der Waals surface area contributed by atoms with Crippen molar-refractivity contribution in [2.75, 3.05) is 0 Å². The molecule has 5 heteroatoms. The first-order valence-electron chi connectivity index (χ1n) is 6.68. The van der Waals surface area contributed by atoms with Crippen molar-refractivity contribution >= 4 is 15.9 Å².